The van der Waals surface area contributed by atoms with E-state index in [0.717, 1.165) is 18.7 Å². The molecule has 0 saturated heterocycles. The van der Waals surface area contributed by atoms with Crippen molar-refractivity contribution in [2.24, 2.45) is 0 Å². The Hall–Kier alpha value is -2.10. The third kappa shape index (κ3) is 1.90. The number of carboxylic acids is 1. The second kappa shape index (κ2) is 3.70. The second-order valence-corrected chi connectivity index (χ2v) is 5.06. The Bertz CT molecular complexity index is 633. The SMILES string of the molecule is CC1(Nc2ccc3c(C(=O)O)cccc3n2)CC1. The molecule has 0 amide bonds. The van der Waals surface area contributed by atoms with Crippen LogP contribution in [0.3, 0.4) is 0 Å². The average Bonchev–Trinajstić information content (AvgIpc) is 3.05. The normalized spacial score (nSPS) is 16.5. The monoisotopic (exact) mass is 242 g/mol. The van der Waals surface area contributed by atoms with Crippen molar-refractivity contribution < 1.29 is 9.90 Å². The molecule has 2 N–H and O–H groups in total. The molecule has 2 aromatic rings. The molecule has 0 radical (unpaired) electrons. The predicted octanol–water partition coefficient (Wildman–Crippen LogP) is 2.90. The van der Waals surface area contributed by atoms with E-state index in [-0.39, 0.29) is 5.54 Å². The van der Waals surface area contributed by atoms with Crippen molar-refractivity contribution in [2.75, 3.05) is 5.32 Å². The third-order valence-electron chi connectivity index (χ3n) is 3.39. The molecule has 0 bridgehead atoms. The zero-order chi connectivity index (χ0) is 12.8. The van der Waals surface area contributed by atoms with Gasteiger partial charge in [0.25, 0.3) is 0 Å². The van der Waals surface area contributed by atoms with Crippen molar-refractivity contribution in [1.29, 1.82) is 0 Å². The number of hydrogen-bond acceptors (Lipinski definition) is 3. The molecule has 0 unspecified atom stereocenters. The number of nitrogens with zero attached hydrogens (tertiary/aromatic N) is 1. The number of aromatic nitrogens is 1. The van der Waals surface area contributed by atoms with E-state index in [1.165, 1.54) is 0 Å². The Kier molecular flexibility index (Phi) is 2.26. The first kappa shape index (κ1) is 11.0. The molecule has 0 spiro atoms. The maximum atomic E-state index is 11.1. The molecule has 1 aliphatic carbocycles. The van der Waals surface area contributed by atoms with E-state index in [4.69, 9.17) is 5.11 Å². The molecule has 1 fully saturated rings. The van der Waals surface area contributed by atoms with Crippen LogP contribution in [0, 0.1) is 0 Å². The highest BCUT2D eigenvalue weighted by molar-refractivity contribution is 6.02. The first-order valence-corrected chi connectivity index (χ1v) is 5.99. The molecule has 3 rings (SSSR count). The van der Waals surface area contributed by atoms with Gasteiger partial charge in [0.05, 0.1) is 11.1 Å². The lowest BCUT2D eigenvalue weighted by Crippen LogP contribution is -2.16. The fraction of sp³-hybridized carbons (Fsp3) is 0.286. The zero-order valence-electron chi connectivity index (χ0n) is 10.1. The van der Waals surface area contributed by atoms with Gasteiger partial charge in [-0.3, -0.25) is 0 Å². The van der Waals surface area contributed by atoms with Crippen LogP contribution in [0.25, 0.3) is 10.9 Å². The summed E-state index contributed by atoms with van der Waals surface area (Å²) in [7, 11) is 0. The molecule has 4 nitrogen and oxygen atoms in total. The molecule has 0 aliphatic heterocycles. The van der Waals surface area contributed by atoms with E-state index >= 15 is 0 Å². The minimum atomic E-state index is -0.919. The lowest BCUT2D eigenvalue weighted by molar-refractivity contribution is 0.0699. The lowest BCUT2D eigenvalue weighted by Gasteiger charge is -2.12. The van der Waals surface area contributed by atoms with E-state index in [1.54, 1.807) is 12.1 Å². The summed E-state index contributed by atoms with van der Waals surface area (Å²) in [5.74, 6) is -0.109. The van der Waals surface area contributed by atoms with Crippen LogP contribution in [-0.2, 0) is 0 Å². The van der Waals surface area contributed by atoms with Gasteiger partial charge in [-0.25, -0.2) is 9.78 Å². The van der Waals surface area contributed by atoms with Crippen LogP contribution in [0.1, 0.15) is 30.1 Å². The van der Waals surface area contributed by atoms with Crippen molar-refractivity contribution >= 4 is 22.7 Å². The Balaban J connectivity index is 2.05. The average molecular weight is 242 g/mol. The van der Waals surface area contributed by atoms with Crippen LogP contribution in [-0.4, -0.2) is 21.6 Å². The van der Waals surface area contributed by atoms with Crippen molar-refractivity contribution in [2.45, 2.75) is 25.3 Å². The summed E-state index contributed by atoms with van der Waals surface area (Å²) in [6.07, 6.45) is 2.31. The standard InChI is InChI=1S/C14H14N2O2/c1-14(7-8-14)16-12-6-5-9-10(13(17)18)3-2-4-11(9)15-12/h2-6H,7-8H2,1H3,(H,15,16)(H,17,18). The quantitative estimate of drug-likeness (QED) is 0.868. The van der Waals surface area contributed by atoms with E-state index in [2.05, 4.69) is 17.2 Å². The Morgan fingerprint density at radius 2 is 2.11 bits per heavy atom. The molecule has 1 saturated carbocycles. The number of fused-ring (bicyclic) bond motifs is 1. The van der Waals surface area contributed by atoms with Crippen molar-refractivity contribution in [3.05, 3.63) is 35.9 Å². The van der Waals surface area contributed by atoms with Gasteiger partial charge in [-0.15, -0.1) is 0 Å². The molecule has 1 aromatic heterocycles. The molecule has 1 heterocycles. The van der Waals surface area contributed by atoms with Crippen LogP contribution in [0.5, 0.6) is 0 Å². The van der Waals surface area contributed by atoms with E-state index < -0.39 is 5.97 Å². The van der Waals surface area contributed by atoms with Crippen LogP contribution < -0.4 is 5.32 Å². The Morgan fingerprint density at radius 1 is 1.33 bits per heavy atom. The van der Waals surface area contributed by atoms with Gasteiger partial charge in [0, 0.05) is 10.9 Å². The van der Waals surface area contributed by atoms with Gasteiger partial charge < -0.3 is 10.4 Å². The molecule has 1 aromatic carbocycles. The maximum Gasteiger partial charge on any atom is 0.336 e. The molecule has 92 valence electrons. The number of aromatic carboxylic acids is 1. The van der Waals surface area contributed by atoms with Crippen molar-refractivity contribution in [3.8, 4) is 0 Å². The minimum Gasteiger partial charge on any atom is -0.478 e. The summed E-state index contributed by atoms with van der Waals surface area (Å²) in [5, 5.41) is 13.2. The van der Waals surface area contributed by atoms with E-state index in [0.29, 0.717) is 16.5 Å². The number of hydrogen-bond donors (Lipinski definition) is 2. The Morgan fingerprint density at radius 3 is 2.78 bits per heavy atom. The van der Waals surface area contributed by atoms with E-state index in [9.17, 15) is 4.79 Å². The molecule has 18 heavy (non-hydrogen) atoms. The van der Waals surface area contributed by atoms with Gasteiger partial charge in [0.1, 0.15) is 5.82 Å². The maximum absolute atomic E-state index is 11.1. The van der Waals surface area contributed by atoms with E-state index in [1.807, 2.05) is 18.2 Å². The van der Waals surface area contributed by atoms with Crippen LogP contribution in [0.2, 0.25) is 0 Å². The summed E-state index contributed by atoms with van der Waals surface area (Å²) >= 11 is 0. The number of anilines is 1. The van der Waals surface area contributed by atoms with Crippen LogP contribution in [0.15, 0.2) is 30.3 Å². The van der Waals surface area contributed by atoms with Crippen LogP contribution in [0.4, 0.5) is 5.82 Å². The molecule has 0 atom stereocenters. The number of nitrogens with one attached hydrogen (secondary N) is 1. The summed E-state index contributed by atoms with van der Waals surface area (Å²) in [6, 6.07) is 8.82. The summed E-state index contributed by atoms with van der Waals surface area (Å²) in [4.78, 5) is 15.6. The molecular formula is C14H14N2O2. The van der Waals surface area contributed by atoms with Gasteiger partial charge in [-0.2, -0.15) is 0 Å². The van der Waals surface area contributed by atoms with Gasteiger partial charge in [-0.1, -0.05) is 6.07 Å². The highest BCUT2D eigenvalue weighted by Gasteiger charge is 2.37. The highest BCUT2D eigenvalue weighted by Crippen LogP contribution is 2.37. The lowest BCUT2D eigenvalue weighted by atomic mass is 10.1. The fourth-order valence-corrected chi connectivity index (χ4v) is 2.03. The largest absolute Gasteiger partial charge is 0.478 e. The first-order chi connectivity index (χ1) is 8.57. The van der Waals surface area contributed by atoms with Crippen molar-refractivity contribution in [3.63, 3.8) is 0 Å². The number of carbonyl (C=O) groups is 1. The zero-order valence-corrected chi connectivity index (χ0v) is 10.1. The van der Waals surface area contributed by atoms with Gasteiger partial charge in [-0.05, 0) is 44.0 Å². The van der Waals surface area contributed by atoms with Gasteiger partial charge >= 0.3 is 5.97 Å². The minimum absolute atomic E-state index is 0.172. The topological polar surface area (TPSA) is 62.2 Å². The second-order valence-electron chi connectivity index (χ2n) is 5.06. The first-order valence-electron chi connectivity index (χ1n) is 5.99. The summed E-state index contributed by atoms with van der Waals surface area (Å²) < 4.78 is 0. The predicted molar refractivity (Wildman–Crippen MR) is 70.0 cm³/mol. The molecule has 4 heteroatoms. The smallest absolute Gasteiger partial charge is 0.336 e. The fourth-order valence-electron chi connectivity index (χ4n) is 2.03. The number of pyridine rings is 1. The van der Waals surface area contributed by atoms with Crippen LogP contribution >= 0.6 is 0 Å². The molecule has 1 aliphatic rings. The number of benzene rings is 1. The summed E-state index contributed by atoms with van der Waals surface area (Å²) in [5.41, 5.74) is 1.18. The molecular weight excluding hydrogens is 228 g/mol. The Labute approximate surface area is 105 Å². The third-order valence-corrected chi connectivity index (χ3v) is 3.39. The number of rotatable bonds is 3. The highest BCUT2D eigenvalue weighted by atomic mass is 16.4. The van der Waals surface area contributed by atoms with Gasteiger partial charge in [0.15, 0.2) is 0 Å². The van der Waals surface area contributed by atoms with Gasteiger partial charge in [0.2, 0.25) is 0 Å². The summed E-state index contributed by atoms with van der Waals surface area (Å²) in [6.45, 7) is 2.16. The van der Waals surface area contributed by atoms with Crippen molar-refractivity contribution in [1.82, 2.24) is 4.98 Å². The number of carboxylic acid groups (broad SMARTS) is 1.